The van der Waals surface area contributed by atoms with Gasteiger partial charge < -0.3 is 0 Å². The van der Waals surface area contributed by atoms with Crippen molar-refractivity contribution in [3.05, 3.63) is 114 Å². The zero-order valence-electron chi connectivity index (χ0n) is 18.2. The molecule has 0 aliphatic rings. The molecule has 5 aromatic rings. The monoisotopic (exact) mass is 413 g/mol. The Morgan fingerprint density at radius 2 is 0.844 bits per heavy atom. The molecule has 0 spiro atoms. The average Bonchev–Trinajstić information content (AvgIpc) is 2.85. The second kappa shape index (κ2) is 8.56. The summed E-state index contributed by atoms with van der Waals surface area (Å²) in [6, 6.07) is 35.3. The van der Waals surface area contributed by atoms with Crippen molar-refractivity contribution >= 4 is 0 Å². The minimum absolute atomic E-state index is 0.672. The molecule has 0 aliphatic carbocycles. The van der Waals surface area contributed by atoms with Crippen LogP contribution in [0.4, 0.5) is 0 Å². The smallest absolute Gasteiger partial charge is 0.164 e. The van der Waals surface area contributed by atoms with Crippen LogP contribution in [0.3, 0.4) is 0 Å². The van der Waals surface area contributed by atoms with E-state index in [9.17, 15) is 0 Å². The number of rotatable bonds is 4. The van der Waals surface area contributed by atoms with Crippen molar-refractivity contribution in [2.24, 2.45) is 0 Å². The van der Waals surface area contributed by atoms with Crippen molar-refractivity contribution < 1.29 is 0 Å². The van der Waals surface area contributed by atoms with E-state index < -0.39 is 0 Å². The molecule has 0 fully saturated rings. The van der Waals surface area contributed by atoms with E-state index in [1.807, 2.05) is 42.5 Å². The topological polar surface area (TPSA) is 38.7 Å². The molecule has 154 valence electrons. The lowest BCUT2D eigenvalue weighted by molar-refractivity contribution is 1.07. The number of aryl methyl sites for hydroxylation is 2. The molecule has 4 aromatic carbocycles. The molecule has 0 radical (unpaired) electrons. The maximum atomic E-state index is 4.83. The fraction of sp³-hybridized carbons (Fsp3) is 0.0690. The largest absolute Gasteiger partial charge is 0.208 e. The number of hydrogen-bond acceptors (Lipinski definition) is 3. The molecule has 32 heavy (non-hydrogen) atoms. The van der Waals surface area contributed by atoms with Gasteiger partial charge in [0.2, 0.25) is 0 Å². The average molecular weight is 414 g/mol. The Kier molecular flexibility index (Phi) is 5.30. The van der Waals surface area contributed by atoms with Gasteiger partial charge in [-0.1, -0.05) is 108 Å². The number of hydrogen-bond donors (Lipinski definition) is 0. The first-order valence-electron chi connectivity index (χ1n) is 10.7. The number of benzene rings is 4. The van der Waals surface area contributed by atoms with E-state index in [4.69, 9.17) is 15.0 Å². The molecule has 0 amide bonds. The molecule has 0 saturated heterocycles. The molecule has 3 heteroatoms. The highest BCUT2D eigenvalue weighted by Gasteiger charge is 2.12. The van der Waals surface area contributed by atoms with Crippen LogP contribution >= 0.6 is 0 Å². The van der Waals surface area contributed by atoms with E-state index in [1.165, 1.54) is 22.3 Å². The zero-order chi connectivity index (χ0) is 21.9. The third kappa shape index (κ3) is 4.19. The van der Waals surface area contributed by atoms with Gasteiger partial charge in [-0.15, -0.1) is 0 Å². The summed E-state index contributed by atoms with van der Waals surface area (Å²) in [5, 5.41) is 0. The summed E-state index contributed by atoms with van der Waals surface area (Å²) in [6.07, 6.45) is 0. The van der Waals surface area contributed by atoms with Gasteiger partial charge in [-0.05, 0) is 31.0 Å². The highest BCUT2D eigenvalue weighted by atomic mass is 15.0. The maximum Gasteiger partial charge on any atom is 0.164 e. The van der Waals surface area contributed by atoms with Gasteiger partial charge in [0.05, 0.1) is 0 Å². The Bertz CT molecular complexity index is 1360. The summed E-state index contributed by atoms with van der Waals surface area (Å²) in [4.78, 5) is 14.4. The predicted molar refractivity (Wildman–Crippen MR) is 131 cm³/mol. The van der Waals surface area contributed by atoms with Crippen LogP contribution in [-0.4, -0.2) is 15.0 Å². The molecule has 0 N–H and O–H groups in total. The second-order valence-corrected chi connectivity index (χ2v) is 7.99. The molecule has 0 atom stereocenters. The lowest BCUT2D eigenvalue weighted by atomic mass is 10.0. The lowest BCUT2D eigenvalue weighted by Gasteiger charge is -2.09. The van der Waals surface area contributed by atoms with Crippen molar-refractivity contribution in [1.82, 2.24) is 15.0 Å². The Morgan fingerprint density at radius 1 is 0.375 bits per heavy atom. The Balaban J connectivity index is 1.59. The summed E-state index contributed by atoms with van der Waals surface area (Å²) >= 11 is 0. The Labute approximate surface area is 188 Å². The lowest BCUT2D eigenvalue weighted by Crippen LogP contribution is -2.00. The minimum Gasteiger partial charge on any atom is -0.208 e. The molecule has 0 saturated carbocycles. The molecule has 0 aliphatic heterocycles. The van der Waals surface area contributed by atoms with Crippen molar-refractivity contribution in [2.45, 2.75) is 13.8 Å². The van der Waals surface area contributed by atoms with Gasteiger partial charge in [0.1, 0.15) is 0 Å². The molecule has 1 aromatic heterocycles. The van der Waals surface area contributed by atoms with Gasteiger partial charge in [0.15, 0.2) is 17.5 Å². The van der Waals surface area contributed by atoms with Crippen molar-refractivity contribution in [3.8, 4) is 45.3 Å². The fourth-order valence-electron chi connectivity index (χ4n) is 3.69. The molecule has 0 unspecified atom stereocenters. The van der Waals surface area contributed by atoms with Crippen LogP contribution < -0.4 is 0 Å². The van der Waals surface area contributed by atoms with Gasteiger partial charge in [0.25, 0.3) is 0 Å². The highest BCUT2D eigenvalue weighted by molar-refractivity contribution is 5.70. The van der Waals surface area contributed by atoms with E-state index in [0.717, 1.165) is 16.7 Å². The third-order valence-electron chi connectivity index (χ3n) is 5.47. The molecule has 0 bridgehead atoms. The van der Waals surface area contributed by atoms with E-state index in [0.29, 0.717) is 17.5 Å². The maximum absolute atomic E-state index is 4.83. The van der Waals surface area contributed by atoms with Crippen molar-refractivity contribution in [3.63, 3.8) is 0 Å². The van der Waals surface area contributed by atoms with Gasteiger partial charge in [-0.3, -0.25) is 0 Å². The first-order valence-corrected chi connectivity index (χ1v) is 10.7. The van der Waals surface area contributed by atoms with Crippen LogP contribution in [0.25, 0.3) is 45.3 Å². The van der Waals surface area contributed by atoms with E-state index in [2.05, 4.69) is 74.5 Å². The van der Waals surface area contributed by atoms with E-state index >= 15 is 0 Å². The quantitative estimate of drug-likeness (QED) is 0.314. The summed E-state index contributed by atoms with van der Waals surface area (Å²) in [5.41, 5.74) is 7.73. The summed E-state index contributed by atoms with van der Waals surface area (Å²) in [7, 11) is 0. The molecular weight excluding hydrogens is 390 g/mol. The minimum atomic E-state index is 0.672. The fourth-order valence-corrected chi connectivity index (χ4v) is 3.69. The van der Waals surface area contributed by atoms with Crippen LogP contribution in [-0.2, 0) is 0 Å². The standard InChI is InChI=1S/C29H23N3/c1-20-11-13-22(14-12-20)23-15-17-25(18-16-23)28-30-27(24-8-4-3-5-9-24)31-29(32-28)26-10-6-7-21(2)19-26/h3-19H,1-2H3. The zero-order valence-corrected chi connectivity index (χ0v) is 18.2. The summed E-state index contributed by atoms with van der Waals surface area (Å²) in [5.74, 6) is 2.03. The molecule has 1 heterocycles. The third-order valence-corrected chi connectivity index (χ3v) is 5.47. The van der Waals surface area contributed by atoms with Crippen LogP contribution in [0, 0.1) is 13.8 Å². The Morgan fingerprint density at radius 3 is 1.44 bits per heavy atom. The number of aromatic nitrogens is 3. The van der Waals surface area contributed by atoms with Crippen molar-refractivity contribution in [2.75, 3.05) is 0 Å². The highest BCUT2D eigenvalue weighted by Crippen LogP contribution is 2.27. The van der Waals surface area contributed by atoms with Gasteiger partial charge in [-0.25, -0.2) is 15.0 Å². The molecule has 5 rings (SSSR count). The van der Waals surface area contributed by atoms with Crippen LogP contribution in [0.2, 0.25) is 0 Å². The first-order chi connectivity index (χ1) is 15.7. The summed E-state index contributed by atoms with van der Waals surface area (Å²) in [6.45, 7) is 4.18. The van der Waals surface area contributed by atoms with Crippen LogP contribution in [0.5, 0.6) is 0 Å². The van der Waals surface area contributed by atoms with Crippen LogP contribution in [0.15, 0.2) is 103 Å². The van der Waals surface area contributed by atoms with Gasteiger partial charge >= 0.3 is 0 Å². The van der Waals surface area contributed by atoms with Crippen molar-refractivity contribution in [1.29, 1.82) is 0 Å². The number of nitrogens with zero attached hydrogens (tertiary/aromatic N) is 3. The Hall–Kier alpha value is -4.11. The van der Waals surface area contributed by atoms with E-state index in [1.54, 1.807) is 0 Å². The summed E-state index contributed by atoms with van der Waals surface area (Å²) < 4.78 is 0. The molecular formula is C29H23N3. The van der Waals surface area contributed by atoms with Crippen LogP contribution in [0.1, 0.15) is 11.1 Å². The van der Waals surface area contributed by atoms with Gasteiger partial charge in [0, 0.05) is 16.7 Å². The van der Waals surface area contributed by atoms with Gasteiger partial charge in [-0.2, -0.15) is 0 Å². The normalized spacial score (nSPS) is 10.8. The second-order valence-electron chi connectivity index (χ2n) is 7.99. The predicted octanol–water partition coefficient (Wildman–Crippen LogP) is 7.16. The van der Waals surface area contributed by atoms with E-state index in [-0.39, 0.29) is 0 Å². The molecule has 3 nitrogen and oxygen atoms in total. The SMILES string of the molecule is Cc1ccc(-c2ccc(-c3nc(-c4ccccc4)nc(-c4cccc(C)c4)n3)cc2)cc1. The first kappa shape index (κ1) is 19.8.